The third-order valence-electron chi connectivity index (χ3n) is 5.83. The molecule has 0 bridgehead atoms. The van der Waals surface area contributed by atoms with Gasteiger partial charge in [0.15, 0.2) is 0 Å². The molecule has 0 unspecified atom stereocenters. The third-order valence-corrected chi connectivity index (χ3v) is 5.83. The predicted octanol–water partition coefficient (Wildman–Crippen LogP) is 4.99. The molecular formula is C25H34N2O2. The normalized spacial score (nSPS) is 15.3. The van der Waals surface area contributed by atoms with Gasteiger partial charge in [0.05, 0.1) is 0 Å². The Bertz CT molecular complexity index is 722. The summed E-state index contributed by atoms with van der Waals surface area (Å²) >= 11 is 0. The highest BCUT2D eigenvalue weighted by atomic mass is 16.4. The molecule has 156 valence electrons. The van der Waals surface area contributed by atoms with Gasteiger partial charge >= 0.3 is 5.97 Å². The number of piperidine rings is 1. The summed E-state index contributed by atoms with van der Waals surface area (Å²) in [6.07, 6.45) is 7.65. The molecule has 0 saturated carbocycles. The fourth-order valence-electron chi connectivity index (χ4n) is 4.02. The van der Waals surface area contributed by atoms with Gasteiger partial charge in [-0.2, -0.15) is 0 Å². The van der Waals surface area contributed by atoms with Crippen LogP contribution < -0.4 is 5.32 Å². The van der Waals surface area contributed by atoms with E-state index in [2.05, 4.69) is 64.8 Å². The molecule has 2 aromatic rings. The van der Waals surface area contributed by atoms with Crippen molar-refractivity contribution in [3.63, 3.8) is 0 Å². The second-order valence-electron chi connectivity index (χ2n) is 8.15. The van der Waals surface area contributed by atoms with E-state index in [4.69, 9.17) is 5.11 Å². The van der Waals surface area contributed by atoms with Crippen molar-refractivity contribution >= 4 is 11.7 Å². The zero-order valence-corrected chi connectivity index (χ0v) is 17.4. The van der Waals surface area contributed by atoms with E-state index in [0.717, 1.165) is 38.6 Å². The first-order chi connectivity index (χ1) is 14.2. The number of likely N-dealkylation sites (tertiary alicyclic amines) is 1. The minimum absolute atomic E-state index is 0.286. The molecule has 4 nitrogen and oxygen atoms in total. The molecule has 2 aromatic carbocycles. The number of nitrogens with zero attached hydrogens (tertiary/aromatic N) is 1. The van der Waals surface area contributed by atoms with Crippen LogP contribution in [-0.4, -0.2) is 41.7 Å². The zero-order chi connectivity index (χ0) is 20.3. The van der Waals surface area contributed by atoms with E-state index in [1.165, 1.54) is 42.7 Å². The summed E-state index contributed by atoms with van der Waals surface area (Å²) in [7, 11) is 0. The largest absolute Gasteiger partial charge is 0.481 e. The number of anilines is 1. The van der Waals surface area contributed by atoms with E-state index in [1.807, 2.05) is 0 Å². The highest BCUT2D eigenvalue weighted by Gasteiger charge is 2.18. The lowest BCUT2D eigenvalue weighted by atomic mass is 10.0. The van der Waals surface area contributed by atoms with Crippen molar-refractivity contribution in [2.75, 3.05) is 25.0 Å². The monoisotopic (exact) mass is 394 g/mol. The Labute approximate surface area is 174 Å². The molecule has 0 radical (unpaired) electrons. The molecule has 0 aromatic heterocycles. The Morgan fingerprint density at radius 1 is 0.897 bits per heavy atom. The maximum absolute atomic E-state index is 10.5. The van der Waals surface area contributed by atoms with Crippen LogP contribution in [0.15, 0.2) is 54.6 Å². The number of carboxylic acids is 1. The van der Waals surface area contributed by atoms with Gasteiger partial charge in [-0.05, 0) is 61.8 Å². The second-order valence-corrected chi connectivity index (χ2v) is 8.15. The van der Waals surface area contributed by atoms with Crippen molar-refractivity contribution in [1.29, 1.82) is 0 Å². The number of carbonyl (C=O) groups is 1. The predicted molar refractivity (Wildman–Crippen MR) is 119 cm³/mol. The average Bonchev–Trinajstić information content (AvgIpc) is 2.75. The number of aryl methyl sites for hydroxylation is 1. The number of aliphatic carboxylic acids is 1. The molecule has 29 heavy (non-hydrogen) atoms. The first-order valence-electron chi connectivity index (χ1n) is 11.0. The van der Waals surface area contributed by atoms with Gasteiger partial charge in [-0.1, -0.05) is 48.9 Å². The topological polar surface area (TPSA) is 52.6 Å². The molecule has 4 heteroatoms. The van der Waals surface area contributed by atoms with Crippen LogP contribution in [0.3, 0.4) is 0 Å². The summed E-state index contributed by atoms with van der Waals surface area (Å²) in [4.78, 5) is 13.1. The van der Waals surface area contributed by atoms with E-state index in [1.54, 1.807) is 0 Å². The van der Waals surface area contributed by atoms with Gasteiger partial charge in [0, 0.05) is 37.8 Å². The van der Waals surface area contributed by atoms with Crippen molar-refractivity contribution in [1.82, 2.24) is 4.90 Å². The molecule has 1 saturated heterocycles. The standard InChI is InChI=1S/C25H34N2O2/c28-25(29)10-6-2-5-9-22-11-13-23(14-12-22)26-24-16-19-27(20-17-24)18-15-21-7-3-1-4-8-21/h1,3-4,7-8,11-14,24,26H,2,5-6,9-10,15-20H2,(H,28,29). The lowest BCUT2D eigenvalue weighted by molar-refractivity contribution is -0.137. The fraction of sp³-hybridized carbons (Fsp3) is 0.480. The van der Waals surface area contributed by atoms with E-state index in [9.17, 15) is 4.79 Å². The first kappa shape index (κ1) is 21.4. The maximum atomic E-state index is 10.5. The number of unbranched alkanes of at least 4 members (excludes halogenated alkanes) is 2. The Balaban J connectivity index is 1.32. The number of hydrogen-bond acceptors (Lipinski definition) is 3. The van der Waals surface area contributed by atoms with Gasteiger partial charge in [-0.3, -0.25) is 4.79 Å². The Morgan fingerprint density at radius 3 is 2.28 bits per heavy atom. The summed E-state index contributed by atoms with van der Waals surface area (Å²) in [5.41, 5.74) is 3.97. The number of nitrogens with one attached hydrogen (secondary N) is 1. The van der Waals surface area contributed by atoms with Crippen molar-refractivity contribution < 1.29 is 9.90 Å². The number of rotatable bonds is 11. The molecule has 1 heterocycles. The smallest absolute Gasteiger partial charge is 0.303 e. The highest BCUT2D eigenvalue weighted by Crippen LogP contribution is 2.18. The van der Waals surface area contributed by atoms with Gasteiger partial charge < -0.3 is 15.3 Å². The van der Waals surface area contributed by atoms with Crippen molar-refractivity contribution in [3.05, 3.63) is 65.7 Å². The van der Waals surface area contributed by atoms with Crippen molar-refractivity contribution in [2.24, 2.45) is 0 Å². The summed E-state index contributed by atoms with van der Waals surface area (Å²) in [5, 5.41) is 12.4. The van der Waals surface area contributed by atoms with Crippen molar-refractivity contribution in [2.45, 2.75) is 57.4 Å². The minimum Gasteiger partial charge on any atom is -0.481 e. The van der Waals surface area contributed by atoms with Crippen LogP contribution in [0, 0.1) is 0 Å². The Morgan fingerprint density at radius 2 is 1.59 bits per heavy atom. The molecule has 0 atom stereocenters. The van der Waals surface area contributed by atoms with Crippen molar-refractivity contribution in [3.8, 4) is 0 Å². The van der Waals surface area contributed by atoms with Crippen LogP contribution in [-0.2, 0) is 17.6 Å². The number of hydrogen-bond donors (Lipinski definition) is 2. The first-order valence-corrected chi connectivity index (χ1v) is 11.0. The van der Waals surface area contributed by atoms with Crippen LogP contribution in [0.5, 0.6) is 0 Å². The van der Waals surface area contributed by atoms with Gasteiger partial charge in [-0.15, -0.1) is 0 Å². The molecule has 3 rings (SSSR count). The molecule has 0 spiro atoms. The fourth-order valence-corrected chi connectivity index (χ4v) is 4.02. The molecule has 0 amide bonds. The Kier molecular flexibility index (Phi) is 8.57. The highest BCUT2D eigenvalue weighted by molar-refractivity contribution is 5.66. The molecule has 1 fully saturated rings. The van der Waals surface area contributed by atoms with Gasteiger partial charge in [0.1, 0.15) is 0 Å². The van der Waals surface area contributed by atoms with E-state index in [-0.39, 0.29) is 6.42 Å². The van der Waals surface area contributed by atoms with E-state index in [0.29, 0.717) is 6.04 Å². The number of benzene rings is 2. The summed E-state index contributed by atoms with van der Waals surface area (Å²) in [5.74, 6) is -0.692. The third kappa shape index (κ3) is 7.90. The summed E-state index contributed by atoms with van der Waals surface area (Å²) in [6, 6.07) is 20.1. The number of carboxylic acid groups (broad SMARTS) is 1. The molecule has 1 aliphatic rings. The maximum Gasteiger partial charge on any atom is 0.303 e. The van der Waals surface area contributed by atoms with Gasteiger partial charge in [0.25, 0.3) is 0 Å². The lowest BCUT2D eigenvalue weighted by Crippen LogP contribution is -2.40. The van der Waals surface area contributed by atoms with Crippen LogP contribution in [0.2, 0.25) is 0 Å². The Hall–Kier alpha value is -2.33. The molecule has 1 aliphatic heterocycles. The molecule has 2 N–H and O–H groups in total. The van der Waals surface area contributed by atoms with Crippen LogP contribution >= 0.6 is 0 Å². The lowest BCUT2D eigenvalue weighted by Gasteiger charge is -2.33. The van der Waals surface area contributed by atoms with E-state index >= 15 is 0 Å². The second kappa shape index (κ2) is 11.6. The van der Waals surface area contributed by atoms with E-state index < -0.39 is 5.97 Å². The minimum atomic E-state index is -0.692. The van der Waals surface area contributed by atoms with Gasteiger partial charge in [-0.25, -0.2) is 0 Å². The molecule has 0 aliphatic carbocycles. The zero-order valence-electron chi connectivity index (χ0n) is 17.4. The summed E-state index contributed by atoms with van der Waals surface area (Å²) in [6.45, 7) is 3.48. The van der Waals surface area contributed by atoms with Gasteiger partial charge in [0.2, 0.25) is 0 Å². The quantitative estimate of drug-likeness (QED) is 0.527. The van der Waals surface area contributed by atoms with Crippen LogP contribution in [0.4, 0.5) is 5.69 Å². The SMILES string of the molecule is O=C(O)CCCCCc1ccc(NC2CCN(CCc3ccccc3)CC2)cc1. The molecular weight excluding hydrogens is 360 g/mol. The van der Waals surface area contributed by atoms with Crippen LogP contribution in [0.1, 0.15) is 49.7 Å². The van der Waals surface area contributed by atoms with Crippen LogP contribution in [0.25, 0.3) is 0 Å². The average molecular weight is 395 g/mol. The summed E-state index contributed by atoms with van der Waals surface area (Å²) < 4.78 is 0.